The van der Waals surface area contributed by atoms with Crippen LogP contribution < -0.4 is 10.1 Å². The van der Waals surface area contributed by atoms with Gasteiger partial charge in [0.1, 0.15) is 12.9 Å². The van der Waals surface area contributed by atoms with Crippen LogP contribution in [0.25, 0.3) is 11.8 Å². The number of imidazole rings is 1. The number of oxime groups is 1. The number of nitrogens with zero attached hydrogens (tertiary/aromatic N) is 4. The zero-order chi connectivity index (χ0) is 26.1. The van der Waals surface area contributed by atoms with E-state index in [2.05, 4.69) is 64.1 Å². The monoisotopic (exact) mass is 477 g/mol. The summed E-state index contributed by atoms with van der Waals surface area (Å²) in [6.45, 7) is 9.10. The summed E-state index contributed by atoms with van der Waals surface area (Å²) >= 11 is 0. The number of hydrogen-bond donors (Lipinski definition) is 1. The Bertz CT molecular complexity index is 1020. The highest BCUT2D eigenvalue weighted by atomic mass is 16.6. The van der Waals surface area contributed by atoms with Crippen LogP contribution in [0.5, 0.6) is 5.75 Å². The minimum atomic E-state index is 0.738. The Kier molecular flexibility index (Phi) is 14.0. The molecule has 1 aromatic carbocycles. The van der Waals surface area contributed by atoms with E-state index in [1.807, 2.05) is 43.8 Å². The second-order valence-corrected chi connectivity index (χ2v) is 7.61. The molecule has 2 aromatic rings. The van der Waals surface area contributed by atoms with Gasteiger partial charge in [0.25, 0.3) is 0 Å². The molecule has 7 nitrogen and oxygen atoms in total. The first-order valence-electron chi connectivity index (χ1n) is 11.6. The molecule has 0 bridgehead atoms. The van der Waals surface area contributed by atoms with Crippen molar-refractivity contribution < 1.29 is 9.57 Å². The summed E-state index contributed by atoms with van der Waals surface area (Å²) < 4.78 is 7.62. The summed E-state index contributed by atoms with van der Waals surface area (Å²) in [7, 11) is 5.23. The van der Waals surface area contributed by atoms with E-state index in [1.165, 1.54) is 5.57 Å². The van der Waals surface area contributed by atoms with Gasteiger partial charge in [-0.05, 0) is 69.5 Å². The number of aryl methyl sites for hydroxylation is 1. The van der Waals surface area contributed by atoms with Gasteiger partial charge in [0.15, 0.2) is 5.84 Å². The predicted molar refractivity (Wildman–Crippen MR) is 147 cm³/mol. The lowest BCUT2D eigenvalue weighted by molar-refractivity contribution is 0.205. The van der Waals surface area contributed by atoms with E-state index in [9.17, 15) is 0 Å². The Morgan fingerprint density at radius 2 is 2.03 bits per heavy atom. The first-order valence-corrected chi connectivity index (χ1v) is 11.6. The summed E-state index contributed by atoms with van der Waals surface area (Å²) in [4.78, 5) is 11.7. The maximum atomic E-state index is 5.64. The van der Waals surface area contributed by atoms with Gasteiger partial charge < -0.3 is 24.4 Å². The van der Waals surface area contributed by atoms with E-state index >= 15 is 0 Å². The van der Waals surface area contributed by atoms with Crippen molar-refractivity contribution in [3.8, 4) is 24.3 Å². The van der Waals surface area contributed by atoms with Gasteiger partial charge >= 0.3 is 0 Å². The number of ether oxygens (including phenoxy) is 1. The van der Waals surface area contributed by atoms with Crippen LogP contribution in [0.15, 0.2) is 66.3 Å². The van der Waals surface area contributed by atoms with Gasteiger partial charge in [0, 0.05) is 12.7 Å². The Morgan fingerprint density at radius 3 is 2.57 bits per heavy atom. The van der Waals surface area contributed by atoms with Crippen LogP contribution in [0.4, 0.5) is 0 Å². The van der Waals surface area contributed by atoms with Crippen molar-refractivity contribution in [3.63, 3.8) is 0 Å². The predicted octanol–water partition coefficient (Wildman–Crippen LogP) is 5.19. The maximum absolute atomic E-state index is 5.64. The fourth-order valence-corrected chi connectivity index (χ4v) is 3.61. The highest BCUT2D eigenvalue weighted by molar-refractivity contribution is 6.02. The normalized spacial score (nSPS) is 15.6. The molecule has 0 spiro atoms. The van der Waals surface area contributed by atoms with E-state index < -0.39 is 0 Å². The number of benzene rings is 1. The molecule has 35 heavy (non-hydrogen) atoms. The van der Waals surface area contributed by atoms with E-state index in [0.29, 0.717) is 0 Å². The number of methoxy groups -OCH3 is 1. The molecule has 0 amide bonds. The molecule has 7 heteroatoms. The minimum Gasteiger partial charge on any atom is -0.495 e. The van der Waals surface area contributed by atoms with Crippen LogP contribution in [0.1, 0.15) is 37.4 Å². The van der Waals surface area contributed by atoms with Crippen molar-refractivity contribution in [3.05, 3.63) is 72.4 Å². The lowest BCUT2D eigenvalue weighted by Gasteiger charge is -2.24. The molecule has 1 aromatic heterocycles. The van der Waals surface area contributed by atoms with Gasteiger partial charge in [0.2, 0.25) is 0 Å². The van der Waals surface area contributed by atoms with Crippen molar-refractivity contribution in [2.24, 2.45) is 5.16 Å². The average Bonchev–Trinajstić information content (AvgIpc) is 3.23. The van der Waals surface area contributed by atoms with Gasteiger partial charge in [-0.15, -0.1) is 12.8 Å². The Hall–Kier alpha value is -3.76. The van der Waals surface area contributed by atoms with Crippen molar-refractivity contribution in [1.82, 2.24) is 19.8 Å². The molecule has 0 unspecified atom stereocenters. The van der Waals surface area contributed by atoms with Crippen molar-refractivity contribution in [2.45, 2.75) is 33.1 Å². The third kappa shape index (κ3) is 9.19. The second-order valence-electron chi connectivity index (χ2n) is 7.61. The van der Waals surface area contributed by atoms with E-state index in [0.717, 1.165) is 61.0 Å². The molecule has 1 N–H and O–H groups in total. The Labute approximate surface area is 210 Å². The second kappa shape index (κ2) is 16.8. The van der Waals surface area contributed by atoms with E-state index in [4.69, 9.17) is 9.57 Å². The molecule has 0 radical (unpaired) electrons. The van der Waals surface area contributed by atoms with Crippen LogP contribution in [-0.2, 0) is 4.84 Å². The third-order valence-electron chi connectivity index (χ3n) is 5.10. The summed E-state index contributed by atoms with van der Waals surface area (Å²) in [5, 5.41) is 7.54. The quantitative estimate of drug-likeness (QED) is 0.338. The summed E-state index contributed by atoms with van der Waals surface area (Å²) in [5.74, 6) is 1.69. The number of likely N-dealkylation sites (tertiary alicyclic amines) is 1. The molecule has 188 valence electrons. The fraction of sp³-hybridized carbons (Fsp3) is 0.357. The molecule has 1 saturated heterocycles. The number of hydrogen-bond acceptors (Lipinski definition) is 5. The number of nitrogens with one attached hydrogen (secondary N) is 1. The van der Waals surface area contributed by atoms with Crippen molar-refractivity contribution >= 4 is 11.9 Å². The molecule has 0 aliphatic carbocycles. The largest absolute Gasteiger partial charge is 0.495 e. The van der Waals surface area contributed by atoms with E-state index in [-0.39, 0.29) is 0 Å². The number of terminal acetylenes is 1. The lowest BCUT2D eigenvalue weighted by Crippen LogP contribution is -2.38. The van der Waals surface area contributed by atoms with Gasteiger partial charge in [-0.1, -0.05) is 36.0 Å². The van der Waals surface area contributed by atoms with E-state index in [1.54, 1.807) is 26.6 Å². The zero-order valence-electron chi connectivity index (χ0n) is 21.7. The highest BCUT2D eigenvalue weighted by Crippen LogP contribution is 2.27. The van der Waals surface area contributed by atoms with Crippen LogP contribution in [0, 0.1) is 19.8 Å². The van der Waals surface area contributed by atoms with Crippen LogP contribution in [-0.4, -0.2) is 54.8 Å². The molecule has 1 fully saturated rings. The Balaban J connectivity index is 0.000000779. The summed E-state index contributed by atoms with van der Waals surface area (Å²) in [5.41, 5.74) is 4.18. The van der Waals surface area contributed by atoms with Crippen molar-refractivity contribution in [1.29, 1.82) is 0 Å². The maximum Gasteiger partial charge on any atom is 0.172 e. The number of amidine groups is 1. The van der Waals surface area contributed by atoms with Crippen LogP contribution in [0.3, 0.4) is 0 Å². The van der Waals surface area contributed by atoms with Gasteiger partial charge in [-0.25, -0.2) is 4.98 Å². The first-order chi connectivity index (χ1) is 17.1. The van der Waals surface area contributed by atoms with Crippen LogP contribution in [0.2, 0.25) is 0 Å². The fourth-order valence-electron chi connectivity index (χ4n) is 3.61. The molecular formula is C28H39N5O2. The molecular weight excluding hydrogens is 438 g/mol. The molecule has 0 saturated carbocycles. The number of aromatic nitrogens is 2. The minimum absolute atomic E-state index is 0.738. The SMILES string of the molecule is C#C.C=C/C=C\C.CNCN1CCCCC(=C\c2ccc(-n3cnc(C)c3)c(OC)c2)/C1=N/OC. The zero-order valence-corrected chi connectivity index (χ0v) is 21.7. The van der Waals surface area contributed by atoms with Gasteiger partial charge in [-0.2, -0.15) is 0 Å². The topological polar surface area (TPSA) is 63.9 Å². The molecule has 3 rings (SSSR count). The highest BCUT2D eigenvalue weighted by Gasteiger charge is 2.20. The first kappa shape index (κ1) is 29.3. The molecule has 2 heterocycles. The third-order valence-corrected chi connectivity index (χ3v) is 5.10. The number of rotatable bonds is 7. The van der Waals surface area contributed by atoms with Gasteiger partial charge in [-0.3, -0.25) is 0 Å². The summed E-state index contributed by atoms with van der Waals surface area (Å²) in [6, 6.07) is 6.20. The van der Waals surface area contributed by atoms with Crippen molar-refractivity contribution in [2.75, 3.05) is 34.5 Å². The molecule has 0 atom stereocenters. The lowest BCUT2D eigenvalue weighted by atomic mass is 10.0. The Morgan fingerprint density at radius 1 is 1.26 bits per heavy atom. The molecule has 1 aliphatic rings. The molecule has 1 aliphatic heterocycles. The summed E-state index contributed by atoms with van der Waals surface area (Å²) in [6.07, 6.45) is 22.8. The average molecular weight is 478 g/mol. The van der Waals surface area contributed by atoms with Crippen LogP contribution >= 0.6 is 0 Å². The standard InChI is InChI=1S/C21H29N5O2.C5H8.C2H2/c1-16-13-26(15-23-16)19-9-8-17(12-20(19)27-3)11-18-7-5-6-10-25(14-22-2)21(18)24-28-4;1-3-5-4-2;1-2/h8-9,11-13,15,22H,5-7,10,14H2,1-4H3;3-5H,1H2,2H3;1-2H/b18-11+,24-21-;5-4-;. The smallest absolute Gasteiger partial charge is 0.172 e. The number of allylic oxidation sites excluding steroid dienone is 3. The van der Waals surface area contributed by atoms with Gasteiger partial charge in [0.05, 0.1) is 31.5 Å².